The zero-order valence-electron chi connectivity index (χ0n) is 26.9. The van der Waals surface area contributed by atoms with Crippen LogP contribution in [0, 0.1) is 0 Å². The van der Waals surface area contributed by atoms with Crippen LogP contribution in [0.5, 0.6) is 0 Å². The molecule has 0 aliphatic carbocycles. The Hall–Kier alpha value is -3.56. The van der Waals surface area contributed by atoms with E-state index in [9.17, 15) is 0 Å². The van der Waals surface area contributed by atoms with Gasteiger partial charge in [0.2, 0.25) is 0 Å². The second-order valence-electron chi connectivity index (χ2n) is 10.3. The van der Waals surface area contributed by atoms with Crippen molar-refractivity contribution in [1.29, 1.82) is 0 Å². The van der Waals surface area contributed by atoms with Crippen molar-refractivity contribution < 1.29 is 28.5 Å². The number of unbranched alkanes of at least 4 members (excludes halogenated alkanes) is 3. The van der Waals surface area contributed by atoms with Crippen LogP contribution < -0.4 is 10.9 Å². The van der Waals surface area contributed by atoms with Gasteiger partial charge < -0.3 is 28.5 Å². The summed E-state index contributed by atoms with van der Waals surface area (Å²) in [4.78, 5) is 0. The smallest absolute Gasteiger partial charge is 0.536 e. The minimum absolute atomic E-state index is 0.384. The van der Waals surface area contributed by atoms with Gasteiger partial charge in [-0.05, 0) is 36.5 Å². The SMILES string of the molecule is CCCCSC1=NO[B-]2(c3ccccc3)O/N=C(/SCCCC)C=NO[B-](c3ccccc3)(O/N=C\1)O/N=C\C(SCCCC)=N/O2. The highest BCUT2D eigenvalue weighted by Crippen LogP contribution is 2.21. The highest BCUT2D eigenvalue weighted by atomic mass is 32.2. The lowest BCUT2D eigenvalue weighted by molar-refractivity contribution is 0.0788. The Labute approximate surface area is 289 Å². The van der Waals surface area contributed by atoms with E-state index < -0.39 is 13.5 Å². The van der Waals surface area contributed by atoms with Crippen molar-refractivity contribution in [1.82, 2.24) is 0 Å². The van der Waals surface area contributed by atoms with Gasteiger partial charge in [-0.2, -0.15) is 0 Å². The van der Waals surface area contributed by atoms with Gasteiger partial charge in [0.15, 0.2) is 15.1 Å². The molecule has 0 spiro atoms. The molecule has 0 amide bonds. The number of nitrogens with zero attached hydrogens (tertiary/aromatic N) is 6. The average molecular weight is 699 g/mol. The summed E-state index contributed by atoms with van der Waals surface area (Å²) in [5.41, 5.74) is 1.01. The Morgan fingerprint density at radius 2 is 0.787 bits per heavy atom. The number of rotatable bonds is 11. The summed E-state index contributed by atoms with van der Waals surface area (Å²) in [6, 6.07) is 18.2. The third kappa shape index (κ3) is 11.3. The molecule has 0 N–H and O–H groups in total. The van der Waals surface area contributed by atoms with E-state index >= 15 is 0 Å². The fourth-order valence-electron chi connectivity index (χ4n) is 3.91. The van der Waals surface area contributed by atoms with Crippen molar-refractivity contribution in [2.45, 2.75) is 59.3 Å². The zero-order chi connectivity index (χ0) is 33.0. The van der Waals surface area contributed by atoms with Crippen LogP contribution >= 0.6 is 35.3 Å². The molecule has 252 valence electrons. The molecule has 17 heteroatoms. The largest absolute Gasteiger partial charge is 0.640 e. The third-order valence-electron chi connectivity index (χ3n) is 6.59. The number of oxime groups is 6. The van der Waals surface area contributed by atoms with Crippen LogP contribution in [0.15, 0.2) is 91.6 Å². The van der Waals surface area contributed by atoms with E-state index in [-0.39, 0.29) is 0 Å². The molecule has 0 fully saturated rings. The van der Waals surface area contributed by atoms with E-state index in [1.54, 1.807) is 24.3 Å². The topological polar surface area (TPSA) is 130 Å². The van der Waals surface area contributed by atoms with Crippen LogP contribution in [0.25, 0.3) is 0 Å². The van der Waals surface area contributed by atoms with Crippen molar-refractivity contribution >= 4 is 93.5 Å². The fraction of sp³-hybridized carbons (Fsp3) is 0.400. The molecule has 0 aromatic heterocycles. The monoisotopic (exact) mass is 698 g/mol. The van der Waals surface area contributed by atoms with Crippen molar-refractivity contribution in [3.05, 3.63) is 60.7 Å². The number of thioether (sulfide) groups is 3. The van der Waals surface area contributed by atoms with Gasteiger partial charge in [0.05, 0.1) is 18.6 Å². The molecule has 12 nitrogen and oxygen atoms in total. The van der Waals surface area contributed by atoms with Gasteiger partial charge in [0, 0.05) is 0 Å². The molecular formula is C30H40B2N6O6S3-2. The first-order chi connectivity index (χ1) is 23.1. The molecule has 2 unspecified atom stereocenters. The number of hydrogen-bond acceptors (Lipinski definition) is 15. The van der Waals surface area contributed by atoms with E-state index in [4.69, 9.17) is 28.5 Å². The minimum atomic E-state index is -2.94. The maximum absolute atomic E-state index is 6.21. The lowest BCUT2D eigenvalue weighted by Crippen LogP contribution is -2.54. The summed E-state index contributed by atoms with van der Waals surface area (Å²) in [5, 5.41) is 27.3. The molecule has 5 rings (SSSR count). The number of fused-ring (bicyclic) bond motifs is 9. The van der Waals surface area contributed by atoms with Gasteiger partial charge in [0.1, 0.15) is 0 Å². The quantitative estimate of drug-likeness (QED) is 0.196. The summed E-state index contributed by atoms with van der Waals surface area (Å²) < 4.78 is 36.7. The lowest BCUT2D eigenvalue weighted by Gasteiger charge is -2.36. The second-order valence-corrected chi connectivity index (χ2v) is 13.7. The minimum Gasteiger partial charge on any atom is -0.536 e. The summed E-state index contributed by atoms with van der Waals surface area (Å²) >= 11 is 4.28. The molecule has 0 saturated carbocycles. The number of hydrogen-bond donors (Lipinski definition) is 0. The Morgan fingerprint density at radius 1 is 0.468 bits per heavy atom. The highest BCUT2D eigenvalue weighted by Gasteiger charge is 2.42. The maximum atomic E-state index is 6.21. The molecule has 3 aliphatic rings. The maximum Gasteiger partial charge on any atom is 0.640 e. The van der Waals surface area contributed by atoms with Crippen molar-refractivity contribution in [3.63, 3.8) is 0 Å². The normalized spacial score (nSPS) is 24.9. The van der Waals surface area contributed by atoms with Crippen molar-refractivity contribution in [3.8, 4) is 0 Å². The summed E-state index contributed by atoms with van der Waals surface area (Å²) in [5.74, 6) is 2.25. The Balaban J connectivity index is 1.92. The van der Waals surface area contributed by atoms with Crippen molar-refractivity contribution in [2.75, 3.05) is 17.3 Å². The highest BCUT2D eigenvalue weighted by molar-refractivity contribution is 8.16. The van der Waals surface area contributed by atoms with Crippen LogP contribution in [-0.4, -0.2) is 64.5 Å². The molecular weight excluding hydrogens is 658 g/mol. The van der Waals surface area contributed by atoms with Gasteiger partial charge >= 0.3 is 13.5 Å². The Bertz CT molecular complexity index is 1310. The predicted molar refractivity (Wildman–Crippen MR) is 200 cm³/mol. The lowest BCUT2D eigenvalue weighted by atomic mass is 9.70. The first kappa shape index (κ1) is 36.3. The molecule has 2 aromatic carbocycles. The second kappa shape index (κ2) is 20.0. The molecule has 2 aromatic rings. The zero-order valence-corrected chi connectivity index (χ0v) is 29.3. The molecule has 0 saturated heterocycles. The third-order valence-corrected chi connectivity index (χ3v) is 9.50. The molecule has 3 aliphatic heterocycles. The van der Waals surface area contributed by atoms with E-state index in [2.05, 4.69) is 51.7 Å². The van der Waals surface area contributed by atoms with Gasteiger partial charge in [-0.3, -0.25) is 0 Å². The van der Waals surface area contributed by atoms with Crippen LogP contribution in [0.1, 0.15) is 59.3 Å². The van der Waals surface area contributed by atoms with Gasteiger partial charge in [-0.15, -0.1) is 66.2 Å². The van der Waals surface area contributed by atoms with E-state index in [0.717, 1.165) is 55.8 Å². The average Bonchev–Trinajstić information content (AvgIpc) is 3.10. The predicted octanol–water partition coefficient (Wildman–Crippen LogP) is 6.30. The van der Waals surface area contributed by atoms with E-state index in [1.807, 2.05) is 36.4 Å². The van der Waals surface area contributed by atoms with Gasteiger partial charge in [0.25, 0.3) is 0 Å². The van der Waals surface area contributed by atoms with E-state index in [1.165, 1.54) is 53.9 Å². The summed E-state index contributed by atoms with van der Waals surface area (Å²) in [7, 11) is 0. The fourth-order valence-corrected chi connectivity index (χ4v) is 6.48. The van der Waals surface area contributed by atoms with Crippen LogP contribution in [0.2, 0.25) is 0 Å². The van der Waals surface area contributed by atoms with Gasteiger partial charge in [-0.25, -0.2) is 0 Å². The molecule has 3 heterocycles. The van der Waals surface area contributed by atoms with Crippen LogP contribution in [0.3, 0.4) is 0 Å². The Kier molecular flexibility index (Phi) is 15.4. The first-order valence-electron chi connectivity index (χ1n) is 15.8. The summed E-state index contributed by atoms with van der Waals surface area (Å²) in [6.07, 6.45) is 10.1. The van der Waals surface area contributed by atoms with Crippen LogP contribution in [0.4, 0.5) is 0 Å². The molecule has 0 radical (unpaired) electrons. The van der Waals surface area contributed by atoms with E-state index in [0.29, 0.717) is 26.1 Å². The molecule has 47 heavy (non-hydrogen) atoms. The molecule has 2 bridgehead atoms. The van der Waals surface area contributed by atoms with Crippen molar-refractivity contribution in [2.24, 2.45) is 30.9 Å². The Morgan fingerprint density at radius 3 is 1.11 bits per heavy atom. The standard InChI is InChI=1S/C30H40B2N6O6S3/c1-4-7-20-45-28-23-33-39-31(26-16-12-10-13-17-26)40-34-24-29(46-21-8-5-2)37-43-32(42-36-28,27-18-14-11-15-19-27)44-38-30(25-35-41-31)47-22-9-6-3/h10-19,23-25H,4-9,20-22H2,1-3H3/q-2/b33-23-,34-24-,35-25?,36-28+,37-29?,38-30+. The van der Waals surface area contributed by atoms with Crippen LogP contribution in [-0.2, 0) is 28.5 Å². The summed E-state index contributed by atoms with van der Waals surface area (Å²) in [6.45, 7) is 0.488. The van der Waals surface area contributed by atoms with Gasteiger partial charge in [-0.1, -0.05) is 112 Å². The first-order valence-corrected chi connectivity index (χ1v) is 18.8. The number of benzene rings is 2. The molecule has 2 atom stereocenters.